The molecule has 0 unspecified atom stereocenters. The number of ether oxygens (including phenoxy) is 2. The van der Waals surface area contributed by atoms with Crippen molar-refractivity contribution in [3.05, 3.63) is 118 Å². The molecule has 8 rings (SSSR count). The zero-order chi connectivity index (χ0) is 32.4. The molecule has 2 N–H and O–H groups in total. The van der Waals surface area contributed by atoms with E-state index in [-0.39, 0.29) is 5.54 Å². The molecule has 240 valence electrons. The summed E-state index contributed by atoms with van der Waals surface area (Å²) in [6.07, 6.45) is 7.90. The monoisotopic (exact) mass is 626 g/mol. The molecular weight excluding hydrogens is 584 g/mol. The summed E-state index contributed by atoms with van der Waals surface area (Å²) in [6.45, 7) is 3.66. The Morgan fingerprint density at radius 1 is 0.851 bits per heavy atom. The number of fused-ring (bicyclic) bond motifs is 4. The summed E-state index contributed by atoms with van der Waals surface area (Å²) in [4.78, 5) is 12.0. The minimum atomic E-state index is -0.627. The maximum absolute atomic E-state index is 12.0. The normalized spacial score (nSPS) is 21.2. The van der Waals surface area contributed by atoms with Crippen molar-refractivity contribution in [1.29, 1.82) is 5.26 Å². The zero-order valence-electron chi connectivity index (χ0n) is 27.1. The maximum Gasteiger partial charge on any atom is 0.309 e. The van der Waals surface area contributed by atoms with Gasteiger partial charge in [-0.15, -0.1) is 0 Å². The van der Waals surface area contributed by atoms with Crippen LogP contribution in [0.5, 0.6) is 11.5 Å². The minimum Gasteiger partial charge on any atom is -0.488 e. The Morgan fingerprint density at radius 2 is 1.57 bits per heavy atom. The van der Waals surface area contributed by atoms with Crippen molar-refractivity contribution in [3.8, 4) is 28.7 Å². The SMILES string of the molecule is Cc1c(COc2cc(OCc3cccc(C#N)c3)c(CNC34CCC(C(=O)O)(CC3)CC4)c3c2CCC3)cccc1-c1ccccc1. The number of aliphatic carboxylic acids is 1. The Bertz CT molecular complexity index is 1820. The van der Waals surface area contributed by atoms with E-state index in [2.05, 4.69) is 66.8 Å². The van der Waals surface area contributed by atoms with Crippen molar-refractivity contribution in [2.45, 2.75) is 90.0 Å². The molecular formula is C41H42N2O4. The summed E-state index contributed by atoms with van der Waals surface area (Å²) in [7, 11) is 0. The molecule has 0 atom stereocenters. The third-order valence-corrected chi connectivity index (χ3v) is 11.1. The molecule has 0 amide bonds. The van der Waals surface area contributed by atoms with Gasteiger partial charge in [0.15, 0.2) is 0 Å². The highest BCUT2D eigenvalue weighted by molar-refractivity contribution is 5.75. The molecule has 4 aromatic carbocycles. The number of hydrogen-bond donors (Lipinski definition) is 2. The third-order valence-electron chi connectivity index (χ3n) is 11.1. The zero-order valence-corrected chi connectivity index (χ0v) is 27.1. The van der Waals surface area contributed by atoms with Gasteiger partial charge in [0.05, 0.1) is 17.0 Å². The number of benzene rings is 4. The number of nitriles is 1. The molecule has 4 aliphatic carbocycles. The van der Waals surface area contributed by atoms with Gasteiger partial charge in [-0.25, -0.2) is 0 Å². The van der Waals surface area contributed by atoms with E-state index in [4.69, 9.17) is 9.47 Å². The van der Waals surface area contributed by atoms with E-state index in [0.29, 0.717) is 25.3 Å². The first-order chi connectivity index (χ1) is 22.9. The van der Waals surface area contributed by atoms with Gasteiger partial charge in [0, 0.05) is 23.7 Å². The molecule has 2 bridgehead atoms. The lowest BCUT2D eigenvalue weighted by Gasteiger charge is -2.52. The summed E-state index contributed by atoms with van der Waals surface area (Å²) in [5.41, 5.74) is 9.55. The number of carboxylic acids is 1. The second-order valence-electron chi connectivity index (χ2n) is 13.7. The molecule has 6 heteroatoms. The van der Waals surface area contributed by atoms with E-state index >= 15 is 0 Å². The van der Waals surface area contributed by atoms with E-state index in [1.165, 1.54) is 33.4 Å². The van der Waals surface area contributed by atoms with Gasteiger partial charge in [0.1, 0.15) is 24.7 Å². The lowest BCUT2D eigenvalue weighted by Crippen LogP contribution is -2.56. The average Bonchev–Trinajstić information content (AvgIpc) is 3.61. The van der Waals surface area contributed by atoms with Crippen molar-refractivity contribution >= 4 is 5.97 Å². The van der Waals surface area contributed by atoms with Crippen LogP contribution in [0.2, 0.25) is 0 Å². The van der Waals surface area contributed by atoms with Crippen LogP contribution in [-0.4, -0.2) is 16.6 Å². The predicted octanol–water partition coefficient (Wildman–Crippen LogP) is 8.45. The Morgan fingerprint density at radius 3 is 2.32 bits per heavy atom. The predicted molar refractivity (Wildman–Crippen MR) is 182 cm³/mol. The highest BCUT2D eigenvalue weighted by atomic mass is 16.5. The number of carbonyl (C=O) groups is 1. The lowest BCUT2D eigenvalue weighted by molar-refractivity contribution is -0.156. The molecule has 4 aliphatic rings. The van der Waals surface area contributed by atoms with Gasteiger partial charge in [0.2, 0.25) is 0 Å². The fourth-order valence-corrected chi connectivity index (χ4v) is 8.11. The molecule has 0 saturated heterocycles. The van der Waals surface area contributed by atoms with Gasteiger partial charge < -0.3 is 19.9 Å². The van der Waals surface area contributed by atoms with Crippen LogP contribution < -0.4 is 14.8 Å². The Hall–Kier alpha value is -4.60. The summed E-state index contributed by atoms with van der Waals surface area (Å²) in [5, 5.41) is 23.3. The Kier molecular flexibility index (Phi) is 8.51. The molecule has 0 aromatic heterocycles. The van der Waals surface area contributed by atoms with E-state index < -0.39 is 11.4 Å². The van der Waals surface area contributed by atoms with Crippen LogP contribution in [0.3, 0.4) is 0 Å². The van der Waals surface area contributed by atoms with E-state index in [1.807, 2.05) is 30.3 Å². The second-order valence-corrected chi connectivity index (χ2v) is 13.7. The fourth-order valence-electron chi connectivity index (χ4n) is 8.11. The average molecular weight is 627 g/mol. The molecule has 47 heavy (non-hydrogen) atoms. The van der Waals surface area contributed by atoms with Crippen LogP contribution in [0.15, 0.2) is 78.9 Å². The minimum absolute atomic E-state index is 0.0302. The lowest BCUT2D eigenvalue weighted by atomic mass is 9.57. The van der Waals surface area contributed by atoms with Crippen LogP contribution in [-0.2, 0) is 37.4 Å². The highest BCUT2D eigenvalue weighted by Crippen LogP contribution is 2.53. The third kappa shape index (κ3) is 6.13. The number of rotatable bonds is 11. The smallest absolute Gasteiger partial charge is 0.309 e. The fraction of sp³-hybridized carbons (Fsp3) is 0.366. The number of nitrogens with zero attached hydrogens (tertiary/aromatic N) is 1. The van der Waals surface area contributed by atoms with Gasteiger partial charge >= 0.3 is 5.97 Å². The van der Waals surface area contributed by atoms with E-state index in [0.717, 1.165) is 80.4 Å². The second kappa shape index (κ2) is 12.9. The first kappa shape index (κ1) is 31.0. The van der Waals surface area contributed by atoms with Gasteiger partial charge in [-0.1, -0.05) is 60.7 Å². The van der Waals surface area contributed by atoms with Crippen molar-refractivity contribution in [2.24, 2.45) is 5.41 Å². The van der Waals surface area contributed by atoms with Crippen LogP contribution >= 0.6 is 0 Å². The number of nitrogens with one attached hydrogen (secondary N) is 1. The molecule has 3 saturated carbocycles. The van der Waals surface area contributed by atoms with Gasteiger partial charge in [-0.3, -0.25) is 4.79 Å². The van der Waals surface area contributed by atoms with Gasteiger partial charge in [-0.05, 0) is 116 Å². The van der Waals surface area contributed by atoms with Crippen molar-refractivity contribution in [2.75, 3.05) is 0 Å². The van der Waals surface area contributed by atoms with Crippen LogP contribution in [0, 0.1) is 23.7 Å². The maximum atomic E-state index is 12.0. The topological polar surface area (TPSA) is 91.6 Å². The molecule has 4 aromatic rings. The Labute approximate surface area is 277 Å². The highest BCUT2D eigenvalue weighted by Gasteiger charge is 2.52. The summed E-state index contributed by atoms with van der Waals surface area (Å²) in [5.74, 6) is 1.07. The van der Waals surface area contributed by atoms with Crippen LogP contribution in [0.25, 0.3) is 11.1 Å². The Balaban J connectivity index is 1.17. The molecule has 0 radical (unpaired) electrons. The molecule has 0 heterocycles. The largest absolute Gasteiger partial charge is 0.488 e. The molecule has 0 spiro atoms. The van der Waals surface area contributed by atoms with Gasteiger partial charge in [-0.2, -0.15) is 5.26 Å². The summed E-state index contributed by atoms with van der Waals surface area (Å²) in [6, 6.07) is 28.8. The van der Waals surface area contributed by atoms with Crippen LogP contribution in [0.4, 0.5) is 0 Å². The first-order valence-corrected chi connectivity index (χ1v) is 16.9. The molecule has 6 nitrogen and oxygen atoms in total. The van der Waals surface area contributed by atoms with Crippen molar-refractivity contribution in [3.63, 3.8) is 0 Å². The standard InChI is InChI=1S/C41H42N2O4/c1-28-32(12-6-13-33(28)31-10-3-2-4-11-31)27-47-37-23-38(46-26-30-9-5-8-29(22-30)24-42)36(34-14-7-15-35(34)37)25-43-41-19-16-40(17-20-41,18-21-41)39(44)45/h2-6,8-13,22-23,43H,7,14-21,25-27H2,1H3,(H,44,45). The molecule has 0 aliphatic heterocycles. The summed E-state index contributed by atoms with van der Waals surface area (Å²) >= 11 is 0. The first-order valence-electron chi connectivity index (χ1n) is 16.9. The van der Waals surface area contributed by atoms with E-state index in [1.54, 1.807) is 0 Å². The number of carboxylic acid groups (broad SMARTS) is 1. The van der Waals surface area contributed by atoms with Gasteiger partial charge in [0.25, 0.3) is 0 Å². The number of hydrogen-bond acceptors (Lipinski definition) is 5. The molecule has 3 fully saturated rings. The van der Waals surface area contributed by atoms with Crippen molar-refractivity contribution in [1.82, 2.24) is 5.32 Å². The van der Waals surface area contributed by atoms with E-state index in [9.17, 15) is 15.2 Å². The quantitative estimate of drug-likeness (QED) is 0.174. The van der Waals surface area contributed by atoms with Crippen LogP contribution in [0.1, 0.15) is 83.9 Å². The van der Waals surface area contributed by atoms with Crippen molar-refractivity contribution < 1.29 is 19.4 Å². The summed E-state index contributed by atoms with van der Waals surface area (Å²) < 4.78 is 13.3.